The van der Waals surface area contributed by atoms with Crippen molar-refractivity contribution in [2.24, 2.45) is 11.8 Å². The summed E-state index contributed by atoms with van der Waals surface area (Å²) in [5.41, 5.74) is -0.259. The molecule has 1 heterocycles. The Labute approximate surface area is 79.8 Å². The second-order valence-corrected chi connectivity index (χ2v) is 4.70. The summed E-state index contributed by atoms with van der Waals surface area (Å²) in [4.78, 5) is 10.8. The van der Waals surface area contributed by atoms with E-state index in [-0.39, 0.29) is 5.60 Å². The fourth-order valence-electron chi connectivity index (χ4n) is 2.53. The van der Waals surface area contributed by atoms with Crippen LogP contribution in [0.3, 0.4) is 0 Å². The Bertz CT molecular complexity index is 212. The lowest BCUT2D eigenvalue weighted by molar-refractivity contribution is -0.416. The number of hydrogen-bond acceptors (Lipinski definition) is 2. The van der Waals surface area contributed by atoms with Gasteiger partial charge in [0, 0.05) is 0 Å². The van der Waals surface area contributed by atoms with Crippen molar-refractivity contribution in [2.45, 2.75) is 44.8 Å². The maximum Gasteiger partial charge on any atom is 0.121 e. The third-order valence-electron chi connectivity index (χ3n) is 3.48. The molecule has 1 aliphatic heterocycles. The van der Waals surface area contributed by atoms with Gasteiger partial charge in [0.05, 0.1) is 6.10 Å². The van der Waals surface area contributed by atoms with Crippen molar-refractivity contribution in [3.8, 4) is 0 Å². The van der Waals surface area contributed by atoms with Gasteiger partial charge in [-0.2, -0.15) is 0 Å². The van der Waals surface area contributed by atoms with E-state index in [0.29, 0.717) is 12.0 Å². The Morgan fingerprint density at radius 2 is 2.15 bits per heavy atom. The molecule has 2 nitrogen and oxygen atoms in total. The molecule has 2 fully saturated rings. The first-order chi connectivity index (χ1) is 6.14. The predicted octanol–water partition coefficient (Wildman–Crippen LogP) is 2.70. The highest BCUT2D eigenvalue weighted by atomic mass is 17.2. The van der Waals surface area contributed by atoms with Crippen LogP contribution in [-0.4, -0.2) is 11.7 Å². The van der Waals surface area contributed by atoms with E-state index in [1.807, 2.05) is 6.08 Å². The molecule has 1 saturated heterocycles. The lowest BCUT2D eigenvalue weighted by Crippen LogP contribution is -2.47. The second-order valence-electron chi connectivity index (χ2n) is 4.70. The minimum absolute atomic E-state index is 0.259. The fraction of sp³-hybridized carbons (Fsp3) is 0.818. The maximum absolute atomic E-state index is 5.41. The van der Waals surface area contributed by atoms with E-state index < -0.39 is 0 Å². The summed E-state index contributed by atoms with van der Waals surface area (Å²) in [6.07, 6.45) is 5.71. The van der Waals surface area contributed by atoms with E-state index in [4.69, 9.17) is 9.78 Å². The van der Waals surface area contributed by atoms with Crippen LogP contribution in [0.25, 0.3) is 0 Å². The molecule has 2 bridgehead atoms. The van der Waals surface area contributed by atoms with Crippen molar-refractivity contribution in [1.82, 2.24) is 0 Å². The van der Waals surface area contributed by atoms with Crippen LogP contribution in [0, 0.1) is 11.8 Å². The first kappa shape index (κ1) is 9.22. The SMILES string of the molecule is C=C[C@]1(C)OO[C@@H]2C[C@H](C)C[C@H]1C2. The molecule has 2 heteroatoms. The fourth-order valence-corrected chi connectivity index (χ4v) is 2.53. The van der Waals surface area contributed by atoms with Gasteiger partial charge >= 0.3 is 0 Å². The Morgan fingerprint density at radius 1 is 1.38 bits per heavy atom. The van der Waals surface area contributed by atoms with Crippen LogP contribution >= 0.6 is 0 Å². The highest BCUT2D eigenvalue weighted by Gasteiger charge is 2.44. The molecule has 1 aliphatic carbocycles. The van der Waals surface area contributed by atoms with E-state index in [1.54, 1.807) is 0 Å². The normalized spacial score (nSPS) is 50.2. The van der Waals surface area contributed by atoms with Gasteiger partial charge in [-0.25, -0.2) is 9.78 Å². The summed E-state index contributed by atoms with van der Waals surface area (Å²) >= 11 is 0. The van der Waals surface area contributed by atoms with Crippen molar-refractivity contribution >= 4 is 0 Å². The van der Waals surface area contributed by atoms with Gasteiger partial charge in [0.1, 0.15) is 5.60 Å². The zero-order valence-electron chi connectivity index (χ0n) is 8.45. The van der Waals surface area contributed by atoms with Gasteiger partial charge in [0.25, 0.3) is 0 Å². The largest absolute Gasteiger partial charge is 0.232 e. The third kappa shape index (κ3) is 1.53. The van der Waals surface area contributed by atoms with Crippen LogP contribution in [0.15, 0.2) is 12.7 Å². The van der Waals surface area contributed by atoms with Crippen molar-refractivity contribution in [1.29, 1.82) is 0 Å². The Kier molecular flexibility index (Phi) is 2.20. The molecule has 0 N–H and O–H groups in total. The summed E-state index contributed by atoms with van der Waals surface area (Å²) in [6.45, 7) is 8.18. The quantitative estimate of drug-likeness (QED) is 0.458. The Hall–Kier alpha value is -0.340. The number of fused-ring (bicyclic) bond motifs is 2. The lowest BCUT2D eigenvalue weighted by Gasteiger charge is -2.46. The van der Waals surface area contributed by atoms with Gasteiger partial charge in [0.15, 0.2) is 0 Å². The maximum atomic E-state index is 5.41. The van der Waals surface area contributed by atoms with Gasteiger partial charge in [-0.05, 0) is 38.0 Å². The van der Waals surface area contributed by atoms with E-state index >= 15 is 0 Å². The molecule has 1 saturated carbocycles. The van der Waals surface area contributed by atoms with Crippen LogP contribution in [0.2, 0.25) is 0 Å². The minimum atomic E-state index is -0.259. The molecule has 0 spiro atoms. The summed E-state index contributed by atoms with van der Waals surface area (Å²) in [7, 11) is 0. The van der Waals surface area contributed by atoms with Crippen molar-refractivity contribution in [3.63, 3.8) is 0 Å². The molecular weight excluding hydrogens is 164 g/mol. The average Bonchev–Trinajstić information content (AvgIpc) is 2.12. The van der Waals surface area contributed by atoms with Crippen LogP contribution < -0.4 is 0 Å². The van der Waals surface area contributed by atoms with Crippen LogP contribution in [0.5, 0.6) is 0 Å². The zero-order chi connectivity index (χ0) is 9.47. The minimum Gasteiger partial charge on any atom is -0.232 e. The molecule has 2 aliphatic rings. The molecule has 0 radical (unpaired) electrons. The summed E-state index contributed by atoms with van der Waals surface area (Å²) in [5, 5.41) is 0. The Balaban J connectivity index is 2.15. The topological polar surface area (TPSA) is 18.5 Å². The van der Waals surface area contributed by atoms with E-state index in [2.05, 4.69) is 20.4 Å². The van der Waals surface area contributed by atoms with E-state index in [1.165, 1.54) is 6.42 Å². The van der Waals surface area contributed by atoms with E-state index in [9.17, 15) is 0 Å². The predicted molar refractivity (Wildman–Crippen MR) is 51.1 cm³/mol. The third-order valence-corrected chi connectivity index (χ3v) is 3.48. The lowest BCUT2D eigenvalue weighted by atomic mass is 9.72. The second kappa shape index (κ2) is 3.10. The molecule has 0 aromatic carbocycles. The molecule has 13 heavy (non-hydrogen) atoms. The summed E-state index contributed by atoms with van der Waals surface area (Å²) in [6, 6.07) is 0. The molecule has 4 atom stereocenters. The molecule has 2 rings (SSSR count). The molecule has 0 aromatic heterocycles. The average molecular weight is 182 g/mol. The van der Waals surface area contributed by atoms with Crippen molar-refractivity contribution in [2.75, 3.05) is 0 Å². The highest BCUT2D eigenvalue weighted by Crippen LogP contribution is 2.43. The standard InChI is InChI=1S/C11H18O2/c1-4-11(3)9-5-8(2)6-10(7-9)12-13-11/h4,8-10H,1,5-7H2,2-3H3/t8-,9+,10-,11+/m1/s1. The first-order valence-corrected chi connectivity index (χ1v) is 5.12. The van der Waals surface area contributed by atoms with Gasteiger partial charge < -0.3 is 0 Å². The van der Waals surface area contributed by atoms with Gasteiger partial charge in [-0.3, -0.25) is 0 Å². The van der Waals surface area contributed by atoms with Crippen molar-refractivity contribution < 1.29 is 9.78 Å². The molecule has 74 valence electrons. The van der Waals surface area contributed by atoms with Crippen LogP contribution in [-0.2, 0) is 9.78 Å². The number of rotatable bonds is 1. The Morgan fingerprint density at radius 3 is 2.85 bits per heavy atom. The monoisotopic (exact) mass is 182 g/mol. The smallest absolute Gasteiger partial charge is 0.121 e. The van der Waals surface area contributed by atoms with Crippen LogP contribution in [0.4, 0.5) is 0 Å². The van der Waals surface area contributed by atoms with Gasteiger partial charge in [-0.1, -0.05) is 13.0 Å². The molecule has 0 aromatic rings. The molecular formula is C11H18O2. The first-order valence-electron chi connectivity index (χ1n) is 5.12. The van der Waals surface area contributed by atoms with Crippen molar-refractivity contribution in [3.05, 3.63) is 12.7 Å². The van der Waals surface area contributed by atoms with Crippen LogP contribution in [0.1, 0.15) is 33.1 Å². The summed E-state index contributed by atoms with van der Waals surface area (Å²) in [5.74, 6) is 1.35. The molecule has 0 amide bonds. The van der Waals surface area contributed by atoms with E-state index in [0.717, 1.165) is 18.8 Å². The zero-order valence-corrected chi connectivity index (χ0v) is 8.45. The number of hydrogen-bond donors (Lipinski definition) is 0. The van der Waals surface area contributed by atoms with Gasteiger partial charge in [-0.15, -0.1) is 6.58 Å². The summed E-state index contributed by atoms with van der Waals surface area (Å²) < 4.78 is 0. The molecule has 0 unspecified atom stereocenters. The highest BCUT2D eigenvalue weighted by molar-refractivity contribution is 5.02. The van der Waals surface area contributed by atoms with Gasteiger partial charge in [0.2, 0.25) is 0 Å².